The van der Waals surface area contributed by atoms with Gasteiger partial charge in [-0.1, -0.05) is 48.7 Å². The van der Waals surface area contributed by atoms with E-state index in [2.05, 4.69) is 26.0 Å². The largest absolute Gasteiger partial charge is 0.453 e. The molecule has 2 aromatic heterocycles. The predicted molar refractivity (Wildman–Crippen MR) is 161 cm³/mol. The molecule has 4 aromatic rings. The van der Waals surface area contributed by atoms with Crippen molar-refractivity contribution in [3.8, 4) is 16.8 Å². The van der Waals surface area contributed by atoms with E-state index in [0.717, 1.165) is 11.1 Å². The van der Waals surface area contributed by atoms with Crippen LogP contribution in [0.5, 0.6) is 0 Å². The van der Waals surface area contributed by atoms with Gasteiger partial charge in [0.25, 0.3) is 5.91 Å². The fourth-order valence-corrected chi connectivity index (χ4v) is 5.13. The average Bonchev–Trinajstić information content (AvgIpc) is 3.48. The maximum atomic E-state index is 13.4. The molecule has 2 atom stereocenters. The zero-order valence-corrected chi connectivity index (χ0v) is 24.4. The Kier molecular flexibility index (Phi) is 8.75. The molecule has 0 radical (unpaired) electrons. The van der Waals surface area contributed by atoms with E-state index >= 15 is 0 Å². The number of nitrogens with one attached hydrogen (secondary N) is 3. The second-order valence-electron chi connectivity index (χ2n) is 9.94. The number of nitrogens with zero attached hydrogens (tertiary/aromatic N) is 3. The van der Waals surface area contributed by atoms with E-state index in [1.54, 1.807) is 48.8 Å². The van der Waals surface area contributed by atoms with Crippen LogP contribution in [0.3, 0.4) is 0 Å². The highest BCUT2D eigenvalue weighted by atomic mass is 35.5. The van der Waals surface area contributed by atoms with Crippen LogP contribution < -0.4 is 16.0 Å². The molecule has 2 aromatic carbocycles. The molecule has 0 unspecified atom stereocenters. The third-order valence-corrected chi connectivity index (χ3v) is 7.87. The van der Waals surface area contributed by atoms with Crippen LogP contribution in [0, 0.1) is 5.92 Å². The van der Waals surface area contributed by atoms with Crippen LogP contribution in [0.25, 0.3) is 16.8 Å². The van der Waals surface area contributed by atoms with Crippen LogP contribution in [0.15, 0.2) is 67.1 Å². The molecule has 12 heteroatoms. The zero-order chi connectivity index (χ0) is 29.8. The molecular weight excluding hydrogens is 579 g/mol. The first kappa shape index (κ1) is 29.1. The SMILES string of the molecule is COC(=O)Nc1ccc2c(c1)NC(=O)[C@H](C)CCC[C@H](NC(=O)c1cnn(-c3cccc(Cl)c3Cl)c1)c1cc-2ccn1. The number of aromatic nitrogens is 3. The molecule has 0 spiro atoms. The summed E-state index contributed by atoms with van der Waals surface area (Å²) in [5.74, 6) is -0.764. The quantitative estimate of drug-likeness (QED) is 0.239. The molecule has 0 fully saturated rings. The van der Waals surface area contributed by atoms with Crippen LogP contribution in [0.2, 0.25) is 10.0 Å². The van der Waals surface area contributed by atoms with Gasteiger partial charge in [-0.2, -0.15) is 5.10 Å². The Labute approximate surface area is 252 Å². The number of benzene rings is 2. The first-order valence-electron chi connectivity index (χ1n) is 13.3. The van der Waals surface area contributed by atoms with Crippen LogP contribution in [-0.4, -0.2) is 39.8 Å². The number of carbonyl (C=O) groups is 3. The van der Waals surface area contributed by atoms with Crippen molar-refractivity contribution < 1.29 is 19.1 Å². The fourth-order valence-electron chi connectivity index (χ4n) is 4.74. The second-order valence-corrected chi connectivity index (χ2v) is 10.7. The maximum absolute atomic E-state index is 13.4. The molecule has 0 saturated carbocycles. The number of carbonyl (C=O) groups excluding carboxylic acids is 3. The number of methoxy groups -OCH3 is 1. The van der Waals surface area contributed by atoms with Gasteiger partial charge in [-0.3, -0.25) is 19.9 Å². The summed E-state index contributed by atoms with van der Waals surface area (Å²) < 4.78 is 6.20. The van der Waals surface area contributed by atoms with Gasteiger partial charge in [0.1, 0.15) is 0 Å². The highest BCUT2D eigenvalue weighted by Crippen LogP contribution is 2.34. The van der Waals surface area contributed by atoms with E-state index in [-0.39, 0.29) is 17.7 Å². The van der Waals surface area contributed by atoms with Gasteiger partial charge in [-0.25, -0.2) is 9.48 Å². The highest BCUT2D eigenvalue weighted by molar-refractivity contribution is 6.43. The number of rotatable bonds is 4. The first-order chi connectivity index (χ1) is 20.2. The lowest BCUT2D eigenvalue weighted by Gasteiger charge is -2.22. The minimum Gasteiger partial charge on any atom is -0.453 e. The van der Waals surface area contributed by atoms with Crippen molar-refractivity contribution in [2.75, 3.05) is 17.7 Å². The van der Waals surface area contributed by atoms with Gasteiger partial charge in [0, 0.05) is 29.6 Å². The zero-order valence-electron chi connectivity index (χ0n) is 22.9. The number of anilines is 2. The standard InChI is InChI=1S/C30H28Cl2N6O4/c1-17-5-3-7-23(36-29(40)19-15-34-38(16-19)26-8-4-6-22(31)27(26)32)25-13-18(11-12-33-25)21-10-9-20(35-30(41)42-2)14-24(21)37-28(17)39/h4,6,8-17,23H,3,5,7H2,1-2H3,(H,35,41)(H,36,40)(H,37,39)/t17-,23+/m1/s1. The summed E-state index contributed by atoms with van der Waals surface area (Å²) in [6.07, 6.45) is 5.95. The van der Waals surface area contributed by atoms with E-state index in [1.807, 2.05) is 19.1 Å². The van der Waals surface area contributed by atoms with Crippen LogP contribution in [-0.2, 0) is 9.53 Å². The molecule has 0 aliphatic carbocycles. The molecule has 216 valence electrons. The summed E-state index contributed by atoms with van der Waals surface area (Å²) in [5.41, 5.74) is 4.10. The number of halogens is 2. The predicted octanol–water partition coefficient (Wildman–Crippen LogP) is 6.65. The monoisotopic (exact) mass is 606 g/mol. The minimum atomic E-state index is -0.617. The van der Waals surface area contributed by atoms with Crippen molar-refractivity contribution in [1.29, 1.82) is 0 Å². The Morgan fingerprint density at radius 2 is 1.95 bits per heavy atom. The van der Waals surface area contributed by atoms with Gasteiger partial charge in [-0.15, -0.1) is 0 Å². The van der Waals surface area contributed by atoms with Gasteiger partial charge in [0.15, 0.2) is 0 Å². The van der Waals surface area contributed by atoms with Crippen molar-refractivity contribution >= 4 is 52.5 Å². The smallest absolute Gasteiger partial charge is 0.411 e. The molecule has 42 heavy (non-hydrogen) atoms. The molecule has 0 saturated heterocycles. The Hall–Kier alpha value is -4.41. The molecule has 5 rings (SSSR count). The number of amides is 3. The number of ether oxygens (including phenoxy) is 1. The van der Waals surface area contributed by atoms with Gasteiger partial charge in [0.2, 0.25) is 5.91 Å². The highest BCUT2D eigenvalue weighted by Gasteiger charge is 2.23. The lowest BCUT2D eigenvalue weighted by atomic mass is 9.95. The topological polar surface area (TPSA) is 127 Å². The Balaban J connectivity index is 1.46. The van der Waals surface area contributed by atoms with Crippen LogP contribution >= 0.6 is 23.2 Å². The molecule has 3 amide bonds. The summed E-state index contributed by atoms with van der Waals surface area (Å²) in [6, 6.07) is 13.7. The third-order valence-electron chi connectivity index (χ3n) is 7.06. The van der Waals surface area contributed by atoms with E-state index in [9.17, 15) is 14.4 Å². The van der Waals surface area contributed by atoms with Gasteiger partial charge in [-0.05, 0) is 54.8 Å². The van der Waals surface area contributed by atoms with Gasteiger partial charge >= 0.3 is 6.09 Å². The lowest BCUT2D eigenvalue weighted by Crippen LogP contribution is -2.29. The van der Waals surface area contributed by atoms with Crippen molar-refractivity contribution in [2.24, 2.45) is 5.92 Å². The molecule has 10 nitrogen and oxygen atoms in total. The molecule has 3 heterocycles. The Morgan fingerprint density at radius 1 is 1.12 bits per heavy atom. The number of fused-ring (bicyclic) bond motifs is 4. The number of hydrogen-bond donors (Lipinski definition) is 3. The maximum Gasteiger partial charge on any atom is 0.411 e. The summed E-state index contributed by atoms with van der Waals surface area (Å²) in [4.78, 5) is 42.8. The van der Waals surface area contributed by atoms with Crippen molar-refractivity contribution in [2.45, 2.75) is 32.2 Å². The van der Waals surface area contributed by atoms with Gasteiger partial charge in [0.05, 0.1) is 52.0 Å². The van der Waals surface area contributed by atoms with Gasteiger partial charge < -0.3 is 15.4 Å². The summed E-state index contributed by atoms with van der Waals surface area (Å²) >= 11 is 12.5. The van der Waals surface area contributed by atoms with Crippen molar-refractivity contribution in [3.63, 3.8) is 0 Å². The Morgan fingerprint density at radius 3 is 2.76 bits per heavy atom. The van der Waals surface area contributed by atoms with Crippen LogP contribution in [0.1, 0.15) is 48.3 Å². The van der Waals surface area contributed by atoms with Crippen molar-refractivity contribution in [1.82, 2.24) is 20.1 Å². The third kappa shape index (κ3) is 6.40. The number of pyridine rings is 1. The second kappa shape index (κ2) is 12.6. The molecule has 3 N–H and O–H groups in total. The van der Waals surface area contributed by atoms with E-state index in [0.29, 0.717) is 57.6 Å². The average molecular weight is 607 g/mol. The summed E-state index contributed by atoms with van der Waals surface area (Å²) in [7, 11) is 1.28. The Bertz CT molecular complexity index is 1660. The molecule has 1 aliphatic heterocycles. The summed E-state index contributed by atoms with van der Waals surface area (Å²) in [6.45, 7) is 1.86. The molecular formula is C30H28Cl2N6O4. The normalized spacial score (nSPS) is 16.7. The van der Waals surface area contributed by atoms with Crippen molar-refractivity contribution in [3.05, 3.63) is 88.4 Å². The van der Waals surface area contributed by atoms with Crippen LogP contribution in [0.4, 0.5) is 16.2 Å². The molecule has 2 bridgehead atoms. The summed E-state index contributed by atoms with van der Waals surface area (Å²) in [5, 5.41) is 13.8. The van der Waals surface area contributed by atoms with E-state index < -0.39 is 12.1 Å². The lowest BCUT2D eigenvalue weighted by molar-refractivity contribution is -0.119. The first-order valence-corrected chi connectivity index (χ1v) is 14.0. The minimum absolute atomic E-state index is 0.144. The van der Waals surface area contributed by atoms with E-state index in [4.69, 9.17) is 27.9 Å². The number of hydrogen-bond acceptors (Lipinski definition) is 6. The fraction of sp³-hybridized carbons (Fsp3) is 0.233. The van der Waals surface area contributed by atoms with E-state index in [1.165, 1.54) is 18.0 Å². The molecule has 1 aliphatic rings.